The van der Waals surface area contributed by atoms with Crippen molar-refractivity contribution in [3.05, 3.63) is 24.2 Å². The van der Waals surface area contributed by atoms with Gasteiger partial charge in [0.05, 0.1) is 24.9 Å². The number of nitrogens with one attached hydrogen (secondary N) is 1. The van der Waals surface area contributed by atoms with Crippen LogP contribution in [0.2, 0.25) is 0 Å². The number of esters is 1. The lowest BCUT2D eigenvalue weighted by molar-refractivity contribution is -0.143. The van der Waals surface area contributed by atoms with Crippen LogP contribution in [0.3, 0.4) is 0 Å². The van der Waals surface area contributed by atoms with E-state index in [1.54, 1.807) is 6.07 Å². The Balaban J connectivity index is 2.11. The maximum atomic E-state index is 11.4. The fourth-order valence-electron chi connectivity index (χ4n) is 1.18. The molecule has 0 unspecified atom stereocenters. The molecule has 0 spiro atoms. The van der Waals surface area contributed by atoms with Crippen molar-refractivity contribution < 1.29 is 18.7 Å². The quantitative estimate of drug-likeness (QED) is 0.581. The molecule has 1 aromatic rings. The molecule has 0 aliphatic rings. The van der Waals surface area contributed by atoms with E-state index in [1.165, 1.54) is 12.5 Å². The van der Waals surface area contributed by atoms with E-state index >= 15 is 0 Å². The molecule has 1 N–H and O–H groups in total. The third-order valence-electron chi connectivity index (χ3n) is 2.16. The zero-order valence-corrected chi connectivity index (χ0v) is 9.90. The monoisotopic (exact) mass is 239 g/mol. The summed E-state index contributed by atoms with van der Waals surface area (Å²) in [6.07, 6.45) is 4.83. The summed E-state index contributed by atoms with van der Waals surface area (Å²) in [4.78, 5) is 22.6. The minimum atomic E-state index is -0.286. The Morgan fingerprint density at radius 2 is 2.29 bits per heavy atom. The van der Waals surface area contributed by atoms with Crippen LogP contribution in [0.25, 0.3) is 0 Å². The minimum Gasteiger partial charge on any atom is -0.472 e. The first-order chi connectivity index (χ1) is 8.24. The van der Waals surface area contributed by atoms with Crippen LogP contribution >= 0.6 is 0 Å². The Morgan fingerprint density at radius 1 is 1.47 bits per heavy atom. The van der Waals surface area contributed by atoms with Crippen LogP contribution in [0.1, 0.15) is 36.5 Å². The van der Waals surface area contributed by atoms with E-state index < -0.39 is 0 Å². The lowest BCUT2D eigenvalue weighted by atomic mass is 10.3. The lowest BCUT2D eigenvalue weighted by Gasteiger charge is -2.04. The number of rotatable bonds is 7. The minimum absolute atomic E-state index is 0.188. The molecular weight excluding hydrogens is 222 g/mol. The fraction of sp³-hybridized carbons (Fsp3) is 0.500. The van der Waals surface area contributed by atoms with E-state index in [1.807, 2.05) is 6.92 Å². The second-order valence-electron chi connectivity index (χ2n) is 3.59. The van der Waals surface area contributed by atoms with Gasteiger partial charge in [-0.05, 0) is 12.5 Å². The molecule has 0 aromatic carbocycles. The third-order valence-corrected chi connectivity index (χ3v) is 2.16. The fourth-order valence-corrected chi connectivity index (χ4v) is 1.18. The molecule has 1 heterocycles. The van der Waals surface area contributed by atoms with Crippen LogP contribution in [0.5, 0.6) is 0 Å². The van der Waals surface area contributed by atoms with Gasteiger partial charge in [-0.3, -0.25) is 9.59 Å². The molecule has 0 saturated carbocycles. The largest absolute Gasteiger partial charge is 0.472 e. The van der Waals surface area contributed by atoms with Crippen LogP contribution in [0, 0.1) is 0 Å². The second-order valence-corrected chi connectivity index (χ2v) is 3.59. The zero-order valence-electron chi connectivity index (χ0n) is 9.90. The number of unbranched alkanes of at least 4 members (excludes halogenated alkanes) is 1. The van der Waals surface area contributed by atoms with Gasteiger partial charge in [-0.25, -0.2) is 0 Å². The molecular formula is C12H17NO4. The Bertz CT molecular complexity index is 345. The van der Waals surface area contributed by atoms with Crippen LogP contribution in [-0.4, -0.2) is 25.0 Å². The molecule has 1 aromatic heterocycles. The number of hydrogen-bond acceptors (Lipinski definition) is 4. The molecule has 1 amide bonds. The van der Waals surface area contributed by atoms with E-state index in [0.29, 0.717) is 12.2 Å². The lowest BCUT2D eigenvalue weighted by Crippen LogP contribution is -2.26. The predicted molar refractivity (Wildman–Crippen MR) is 61.5 cm³/mol. The van der Waals surface area contributed by atoms with Crippen molar-refractivity contribution in [2.45, 2.75) is 26.2 Å². The number of amides is 1. The van der Waals surface area contributed by atoms with Gasteiger partial charge in [-0.2, -0.15) is 0 Å². The van der Waals surface area contributed by atoms with Crippen LogP contribution < -0.4 is 5.32 Å². The van der Waals surface area contributed by atoms with Gasteiger partial charge in [0, 0.05) is 6.54 Å². The summed E-state index contributed by atoms with van der Waals surface area (Å²) in [5, 5.41) is 2.61. The van der Waals surface area contributed by atoms with Crippen molar-refractivity contribution in [1.82, 2.24) is 5.32 Å². The van der Waals surface area contributed by atoms with Crippen molar-refractivity contribution in [3.8, 4) is 0 Å². The average Bonchev–Trinajstić information content (AvgIpc) is 2.82. The summed E-state index contributed by atoms with van der Waals surface area (Å²) >= 11 is 0. The summed E-state index contributed by atoms with van der Waals surface area (Å²) < 4.78 is 9.72. The van der Waals surface area contributed by atoms with Gasteiger partial charge in [0.15, 0.2) is 0 Å². The number of carbonyl (C=O) groups is 2. The summed E-state index contributed by atoms with van der Waals surface area (Å²) in [5.74, 6) is -0.536. The smallest absolute Gasteiger partial charge is 0.307 e. The van der Waals surface area contributed by atoms with Gasteiger partial charge in [-0.15, -0.1) is 0 Å². The van der Waals surface area contributed by atoms with Crippen LogP contribution in [-0.2, 0) is 9.53 Å². The molecule has 0 bridgehead atoms. The van der Waals surface area contributed by atoms with Gasteiger partial charge in [-0.1, -0.05) is 13.3 Å². The Morgan fingerprint density at radius 3 is 2.94 bits per heavy atom. The van der Waals surface area contributed by atoms with E-state index in [4.69, 9.17) is 9.15 Å². The number of hydrogen-bond donors (Lipinski definition) is 1. The molecule has 0 aliphatic carbocycles. The Labute approximate surface area is 100 Å². The van der Waals surface area contributed by atoms with Crippen molar-refractivity contribution in [1.29, 1.82) is 0 Å². The van der Waals surface area contributed by atoms with E-state index in [0.717, 1.165) is 12.8 Å². The highest BCUT2D eigenvalue weighted by Gasteiger charge is 2.07. The molecule has 94 valence electrons. The second kappa shape index (κ2) is 7.49. The highest BCUT2D eigenvalue weighted by atomic mass is 16.5. The molecule has 17 heavy (non-hydrogen) atoms. The van der Waals surface area contributed by atoms with Gasteiger partial charge >= 0.3 is 5.97 Å². The molecule has 0 fully saturated rings. The average molecular weight is 239 g/mol. The highest BCUT2D eigenvalue weighted by Crippen LogP contribution is 1.99. The maximum absolute atomic E-state index is 11.4. The molecule has 5 nitrogen and oxygen atoms in total. The maximum Gasteiger partial charge on any atom is 0.307 e. The van der Waals surface area contributed by atoms with E-state index in [-0.39, 0.29) is 24.8 Å². The summed E-state index contributed by atoms with van der Waals surface area (Å²) in [6.45, 7) is 2.75. The molecule has 0 saturated heterocycles. The SMILES string of the molecule is CCCCOC(=O)CCNC(=O)c1ccoc1. The third kappa shape index (κ3) is 5.19. The number of furan rings is 1. The normalized spacial score (nSPS) is 9.94. The van der Waals surface area contributed by atoms with Crippen molar-refractivity contribution >= 4 is 11.9 Å². The molecule has 0 aliphatic heterocycles. The first kappa shape index (κ1) is 13.3. The van der Waals surface area contributed by atoms with Crippen molar-refractivity contribution in [2.75, 3.05) is 13.2 Å². The first-order valence-corrected chi connectivity index (χ1v) is 5.70. The molecule has 0 radical (unpaired) electrons. The van der Waals surface area contributed by atoms with Gasteiger partial charge in [0.1, 0.15) is 6.26 Å². The molecule has 1 rings (SSSR count). The first-order valence-electron chi connectivity index (χ1n) is 5.70. The predicted octanol–water partition coefficient (Wildman–Crippen LogP) is 1.74. The summed E-state index contributed by atoms with van der Waals surface area (Å²) in [5.41, 5.74) is 0.448. The topological polar surface area (TPSA) is 68.5 Å². The van der Waals surface area contributed by atoms with Gasteiger partial charge in [0.2, 0.25) is 0 Å². The number of carbonyl (C=O) groups excluding carboxylic acids is 2. The van der Waals surface area contributed by atoms with Gasteiger partial charge in [0.25, 0.3) is 5.91 Å². The Kier molecular flexibility index (Phi) is 5.85. The van der Waals surface area contributed by atoms with E-state index in [2.05, 4.69) is 5.32 Å². The van der Waals surface area contributed by atoms with Gasteiger partial charge < -0.3 is 14.5 Å². The van der Waals surface area contributed by atoms with Crippen molar-refractivity contribution in [3.63, 3.8) is 0 Å². The standard InChI is InChI=1S/C12H17NO4/c1-2-3-7-17-11(14)4-6-13-12(15)10-5-8-16-9-10/h5,8-9H,2-4,6-7H2,1H3,(H,13,15). The molecule has 0 atom stereocenters. The Hall–Kier alpha value is -1.78. The summed E-state index contributed by atoms with van der Waals surface area (Å²) in [6, 6.07) is 1.56. The van der Waals surface area contributed by atoms with E-state index in [9.17, 15) is 9.59 Å². The zero-order chi connectivity index (χ0) is 12.5. The number of ether oxygens (including phenoxy) is 1. The molecule has 5 heteroatoms. The highest BCUT2D eigenvalue weighted by molar-refractivity contribution is 5.93. The van der Waals surface area contributed by atoms with Crippen LogP contribution in [0.15, 0.2) is 23.0 Å². The van der Waals surface area contributed by atoms with Crippen molar-refractivity contribution in [2.24, 2.45) is 0 Å². The summed E-state index contributed by atoms with van der Waals surface area (Å²) in [7, 11) is 0. The van der Waals surface area contributed by atoms with Crippen LogP contribution in [0.4, 0.5) is 0 Å².